The van der Waals surface area contributed by atoms with Crippen molar-refractivity contribution >= 4 is 26.6 Å². The Morgan fingerprint density at radius 3 is 2.58 bits per heavy atom. The molecule has 0 fully saturated rings. The molecule has 0 unspecified atom stereocenters. The Hall–Kier alpha value is -2.95. The van der Waals surface area contributed by atoms with Crippen molar-refractivity contribution in [3.63, 3.8) is 0 Å². The first-order valence-electron chi connectivity index (χ1n) is 7.96. The molecule has 1 aromatic heterocycles. The summed E-state index contributed by atoms with van der Waals surface area (Å²) in [6, 6.07) is 17.2. The predicted octanol–water partition coefficient (Wildman–Crippen LogP) is 2.97. The van der Waals surface area contributed by atoms with Crippen LogP contribution in [0, 0.1) is 11.3 Å². The van der Waals surface area contributed by atoms with Crippen molar-refractivity contribution in [2.75, 3.05) is 18.8 Å². The fourth-order valence-electron chi connectivity index (χ4n) is 2.67. The van der Waals surface area contributed by atoms with E-state index in [2.05, 4.69) is 9.71 Å². The van der Waals surface area contributed by atoms with Crippen molar-refractivity contribution in [2.45, 2.75) is 11.4 Å². The molecule has 0 aliphatic heterocycles. The second-order valence-electron chi connectivity index (χ2n) is 6.13. The average Bonchev–Trinajstić information content (AvgIpc) is 2.61. The third kappa shape index (κ3) is 3.67. The Kier molecular flexibility index (Phi) is 4.89. The molecular formula is C19H18N4O2S. The smallest absolute Gasteiger partial charge is 0.263 e. The number of anilines is 1. The van der Waals surface area contributed by atoms with Crippen LogP contribution in [0.25, 0.3) is 10.9 Å². The van der Waals surface area contributed by atoms with E-state index >= 15 is 0 Å². The van der Waals surface area contributed by atoms with Gasteiger partial charge < -0.3 is 4.90 Å². The standard InChI is InChI=1S/C19H18N4O2S/c1-23(2)13-16-11-10-14-7-5-8-17(19(14)21-16)22-26(24,25)18-9-4-3-6-15(18)12-20/h3-11,22H,13H2,1-2H3. The average molecular weight is 366 g/mol. The fraction of sp³-hybridized carbons (Fsp3) is 0.158. The van der Waals surface area contributed by atoms with Crippen molar-refractivity contribution in [3.8, 4) is 6.07 Å². The summed E-state index contributed by atoms with van der Waals surface area (Å²) in [6.45, 7) is 0.647. The maximum Gasteiger partial charge on any atom is 0.263 e. The third-order valence-corrected chi connectivity index (χ3v) is 5.22. The van der Waals surface area contributed by atoms with Crippen LogP contribution in [0.2, 0.25) is 0 Å². The number of sulfonamides is 1. The van der Waals surface area contributed by atoms with Crippen LogP contribution >= 0.6 is 0 Å². The molecule has 1 heterocycles. The van der Waals surface area contributed by atoms with Crippen LogP contribution < -0.4 is 4.72 Å². The van der Waals surface area contributed by atoms with Crippen molar-refractivity contribution in [3.05, 3.63) is 65.9 Å². The lowest BCUT2D eigenvalue weighted by Crippen LogP contribution is -2.15. The number of nitrogens with one attached hydrogen (secondary N) is 1. The van der Waals surface area contributed by atoms with Gasteiger partial charge in [0.25, 0.3) is 10.0 Å². The highest BCUT2D eigenvalue weighted by Gasteiger charge is 2.19. The van der Waals surface area contributed by atoms with E-state index in [0.717, 1.165) is 11.1 Å². The molecule has 132 valence electrons. The first-order chi connectivity index (χ1) is 12.4. The van der Waals surface area contributed by atoms with Gasteiger partial charge in [0.15, 0.2) is 0 Å². The second kappa shape index (κ2) is 7.12. The van der Waals surface area contributed by atoms with Crippen molar-refractivity contribution in [1.29, 1.82) is 5.26 Å². The van der Waals surface area contributed by atoms with Crippen LogP contribution in [-0.2, 0) is 16.6 Å². The lowest BCUT2D eigenvalue weighted by Gasteiger charge is -2.13. The Bertz CT molecular complexity index is 1100. The number of pyridine rings is 1. The van der Waals surface area contributed by atoms with Gasteiger partial charge in [0.05, 0.1) is 22.5 Å². The van der Waals surface area contributed by atoms with Crippen LogP contribution in [0.1, 0.15) is 11.3 Å². The lowest BCUT2D eigenvalue weighted by atomic mass is 10.2. The Labute approximate surface area is 152 Å². The molecule has 0 atom stereocenters. The minimum absolute atomic E-state index is 0.0519. The predicted molar refractivity (Wildman–Crippen MR) is 101 cm³/mol. The molecule has 0 spiro atoms. The number of benzene rings is 2. The minimum atomic E-state index is -3.91. The van der Waals surface area contributed by atoms with E-state index in [1.807, 2.05) is 43.3 Å². The van der Waals surface area contributed by atoms with E-state index in [0.29, 0.717) is 17.7 Å². The molecule has 0 saturated carbocycles. The van der Waals surface area contributed by atoms with Crippen molar-refractivity contribution in [1.82, 2.24) is 9.88 Å². The number of nitrogens with zero attached hydrogens (tertiary/aromatic N) is 3. The quantitative estimate of drug-likeness (QED) is 0.750. The highest BCUT2D eigenvalue weighted by atomic mass is 32.2. The molecule has 0 bridgehead atoms. The molecule has 1 N–H and O–H groups in total. The van der Waals surface area contributed by atoms with Gasteiger partial charge in [-0.1, -0.05) is 30.3 Å². The van der Waals surface area contributed by atoms with Gasteiger partial charge in [0.2, 0.25) is 0 Å². The maximum atomic E-state index is 12.8. The summed E-state index contributed by atoms with van der Waals surface area (Å²) in [7, 11) is -0.0188. The molecule has 0 amide bonds. The van der Waals surface area contributed by atoms with Gasteiger partial charge in [0, 0.05) is 11.9 Å². The van der Waals surface area contributed by atoms with Crippen LogP contribution in [0.4, 0.5) is 5.69 Å². The van der Waals surface area contributed by atoms with Gasteiger partial charge in [-0.25, -0.2) is 13.4 Å². The molecule has 3 rings (SSSR count). The molecule has 6 nitrogen and oxygen atoms in total. The molecular weight excluding hydrogens is 348 g/mol. The minimum Gasteiger partial charge on any atom is -0.304 e. The molecule has 3 aromatic rings. The molecule has 26 heavy (non-hydrogen) atoms. The van der Waals surface area contributed by atoms with Gasteiger partial charge in [-0.05, 0) is 38.4 Å². The van der Waals surface area contributed by atoms with Crippen molar-refractivity contribution < 1.29 is 8.42 Å². The zero-order chi connectivity index (χ0) is 18.7. The molecule has 7 heteroatoms. The maximum absolute atomic E-state index is 12.8. The molecule has 0 radical (unpaired) electrons. The topological polar surface area (TPSA) is 86.1 Å². The summed E-state index contributed by atoms with van der Waals surface area (Å²) < 4.78 is 28.2. The summed E-state index contributed by atoms with van der Waals surface area (Å²) >= 11 is 0. The van der Waals surface area contributed by atoms with E-state index in [4.69, 9.17) is 0 Å². The SMILES string of the molecule is CN(C)Cc1ccc2cccc(NS(=O)(=O)c3ccccc3C#N)c2n1. The third-order valence-electron chi connectivity index (χ3n) is 3.80. The number of para-hydroxylation sites is 1. The van der Waals surface area contributed by atoms with Crippen LogP contribution in [0.3, 0.4) is 0 Å². The number of rotatable bonds is 5. The largest absolute Gasteiger partial charge is 0.304 e. The van der Waals surface area contributed by atoms with E-state index in [1.54, 1.807) is 24.3 Å². The van der Waals surface area contributed by atoms with Crippen LogP contribution in [-0.4, -0.2) is 32.4 Å². The molecule has 2 aromatic carbocycles. The molecule has 0 saturated heterocycles. The lowest BCUT2D eigenvalue weighted by molar-refractivity contribution is 0.397. The first kappa shape index (κ1) is 17.9. The zero-order valence-electron chi connectivity index (χ0n) is 14.5. The summed E-state index contributed by atoms with van der Waals surface area (Å²) in [6.07, 6.45) is 0. The van der Waals surface area contributed by atoms with Gasteiger partial charge >= 0.3 is 0 Å². The van der Waals surface area contributed by atoms with Crippen LogP contribution in [0.5, 0.6) is 0 Å². The van der Waals surface area contributed by atoms with E-state index in [1.165, 1.54) is 12.1 Å². The fourth-order valence-corrected chi connectivity index (χ4v) is 3.90. The number of fused-ring (bicyclic) bond motifs is 1. The molecule has 0 aliphatic rings. The summed E-state index contributed by atoms with van der Waals surface area (Å²) in [5.74, 6) is 0. The Balaban J connectivity index is 2.06. The normalized spacial score (nSPS) is 11.5. The highest BCUT2D eigenvalue weighted by Crippen LogP contribution is 2.26. The van der Waals surface area contributed by atoms with Gasteiger partial charge in [-0.3, -0.25) is 4.72 Å². The number of aromatic nitrogens is 1. The van der Waals surface area contributed by atoms with E-state index in [9.17, 15) is 13.7 Å². The number of nitriles is 1. The zero-order valence-corrected chi connectivity index (χ0v) is 15.3. The van der Waals surface area contributed by atoms with Gasteiger partial charge in [0.1, 0.15) is 11.0 Å². The Morgan fingerprint density at radius 2 is 1.85 bits per heavy atom. The molecule has 0 aliphatic carbocycles. The van der Waals surface area contributed by atoms with E-state index in [-0.39, 0.29) is 10.5 Å². The van der Waals surface area contributed by atoms with Gasteiger partial charge in [-0.2, -0.15) is 5.26 Å². The second-order valence-corrected chi connectivity index (χ2v) is 7.78. The van der Waals surface area contributed by atoms with Gasteiger partial charge in [-0.15, -0.1) is 0 Å². The summed E-state index contributed by atoms with van der Waals surface area (Å²) in [5, 5.41) is 10.0. The van der Waals surface area contributed by atoms with Crippen molar-refractivity contribution in [2.24, 2.45) is 0 Å². The highest BCUT2D eigenvalue weighted by molar-refractivity contribution is 7.92. The summed E-state index contributed by atoms with van der Waals surface area (Å²) in [4.78, 5) is 6.54. The monoisotopic (exact) mass is 366 g/mol. The number of hydrogen-bond donors (Lipinski definition) is 1. The van der Waals surface area contributed by atoms with E-state index < -0.39 is 10.0 Å². The summed E-state index contributed by atoms with van der Waals surface area (Å²) in [5.41, 5.74) is 1.90. The first-order valence-corrected chi connectivity index (χ1v) is 9.44. The number of hydrogen-bond acceptors (Lipinski definition) is 5. The Morgan fingerprint density at radius 1 is 1.08 bits per heavy atom. The van der Waals surface area contributed by atoms with Crippen LogP contribution in [0.15, 0.2) is 59.5 Å².